The number of alkyl halides is 2. The van der Waals surface area contributed by atoms with E-state index >= 15 is 0 Å². The molecule has 3 aliphatic rings. The summed E-state index contributed by atoms with van der Waals surface area (Å²) in [7, 11) is 8.51. The molecule has 3 aliphatic heterocycles. The predicted molar refractivity (Wildman–Crippen MR) is 317 cm³/mol. The largest absolute Gasteiger partial charge is 0.609 e. The van der Waals surface area contributed by atoms with Crippen molar-refractivity contribution in [2.75, 3.05) is 73.0 Å². The van der Waals surface area contributed by atoms with Crippen LogP contribution in [0.25, 0.3) is 22.0 Å². The maximum atomic E-state index is 13.6. The molecule has 450 valence electrons. The monoisotopic (exact) mass is 1210 g/mol. The topological polar surface area (TPSA) is 216 Å². The van der Waals surface area contributed by atoms with Gasteiger partial charge in [0.2, 0.25) is 0 Å². The van der Waals surface area contributed by atoms with Crippen molar-refractivity contribution >= 4 is 62.5 Å². The van der Waals surface area contributed by atoms with Crippen molar-refractivity contribution in [3.05, 3.63) is 147 Å². The number of carbonyl (C=O) groups excluding carboxylic acids is 2. The van der Waals surface area contributed by atoms with Crippen molar-refractivity contribution < 1.29 is 55.5 Å². The highest BCUT2D eigenvalue weighted by molar-refractivity contribution is 7.99. The summed E-state index contributed by atoms with van der Waals surface area (Å²) in [6.07, 6.45) is 6.42. The molecule has 1 saturated heterocycles. The Bertz CT molecular complexity index is 3650. The Hall–Kier alpha value is -7.64. The summed E-state index contributed by atoms with van der Waals surface area (Å²) >= 11 is -0.0181. The lowest BCUT2D eigenvalue weighted by Gasteiger charge is -2.31. The van der Waals surface area contributed by atoms with Gasteiger partial charge in [-0.05, 0) is 120 Å². The molecule has 0 spiro atoms. The Morgan fingerprint density at radius 1 is 0.918 bits per heavy atom. The van der Waals surface area contributed by atoms with E-state index in [1.807, 2.05) is 79.0 Å². The van der Waals surface area contributed by atoms with Crippen LogP contribution in [0.15, 0.2) is 117 Å². The minimum absolute atomic E-state index is 0.0209. The van der Waals surface area contributed by atoms with E-state index in [2.05, 4.69) is 29.7 Å². The number of likely N-dealkylation sites (N-methyl/N-ethyl adjacent to an activating group) is 1. The standard InChI is InChI=1S/C23H27FN4O2.C22H26N2O4S.C16H15F2N3O4S/c1-15-18(23(29)28-10-3-2-4-21(28)25-15)9-13-27-11-7-16(8-12-27)22-19-6-5-17(24)14-20(19)30-26-22;1-15(25)28-20-21(16-9-11-17(27-4)12-10-16)29-19-8-6-5-7-18(19)24(22(20)26)14-13-23(2)3;1-23-13-5-6-19-12(14(13)24-2)8-26(22)16-20-10-4-3-9(25-15(17)18)7-11(10)21-16/h5-6,14,16H,2-4,7-13H2,1H3;5-12,20-21H,13-14H2,1-4H3;3-7,15H,8H2,1-2H3,(H,20,21)/t;20-,21+;/m.1./s1. The minimum atomic E-state index is -2.92. The van der Waals surface area contributed by atoms with Crippen molar-refractivity contribution in [2.45, 2.75) is 98.6 Å². The van der Waals surface area contributed by atoms with Gasteiger partial charge in [0.1, 0.15) is 28.8 Å². The molecule has 8 aromatic rings. The number of amides is 1. The number of fused-ring (bicyclic) bond motifs is 4. The first-order valence-electron chi connectivity index (χ1n) is 27.8. The number of likely N-dealkylation sites (tertiary alicyclic amines) is 1. The Kier molecular flexibility index (Phi) is 20.8. The van der Waals surface area contributed by atoms with Gasteiger partial charge in [0.15, 0.2) is 28.9 Å². The van der Waals surface area contributed by atoms with Gasteiger partial charge in [-0.2, -0.15) is 13.8 Å². The Morgan fingerprint density at radius 2 is 1.68 bits per heavy atom. The highest BCUT2D eigenvalue weighted by Crippen LogP contribution is 2.47. The maximum absolute atomic E-state index is 13.6. The van der Waals surface area contributed by atoms with Crippen LogP contribution >= 0.6 is 11.8 Å². The highest BCUT2D eigenvalue weighted by atomic mass is 32.2. The minimum Gasteiger partial charge on any atom is -0.609 e. The third-order valence-electron chi connectivity index (χ3n) is 14.9. The number of aromatic amines is 1. The average Bonchev–Trinajstić information content (AvgIpc) is 2.92. The fraction of sp³-hybridized carbons (Fsp3) is 0.393. The van der Waals surface area contributed by atoms with Gasteiger partial charge in [-0.1, -0.05) is 29.4 Å². The number of anilines is 1. The Morgan fingerprint density at radius 3 is 2.40 bits per heavy atom. The number of hydrogen-bond acceptors (Lipinski definition) is 17. The highest BCUT2D eigenvalue weighted by Gasteiger charge is 2.41. The van der Waals surface area contributed by atoms with Crippen LogP contribution in [-0.4, -0.2) is 137 Å². The first-order chi connectivity index (χ1) is 41.0. The van der Waals surface area contributed by atoms with Gasteiger partial charge >= 0.3 is 17.7 Å². The number of aromatic nitrogens is 6. The summed E-state index contributed by atoms with van der Waals surface area (Å²) in [5.41, 5.74) is 6.51. The normalized spacial score (nSPS) is 16.6. The van der Waals surface area contributed by atoms with Crippen LogP contribution in [0.2, 0.25) is 0 Å². The number of ether oxygens (including phenoxy) is 5. The number of pyridine rings is 1. The number of carbonyl (C=O) groups is 2. The number of para-hydroxylation sites is 1. The summed E-state index contributed by atoms with van der Waals surface area (Å²) < 4.78 is 83.5. The van der Waals surface area contributed by atoms with E-state index in [4.69, 9.17) is 28.5 Å². The van der Waals surface area contributed by atoms with Crippen LogP contribution in [0.4, 0.5) is 18.9 Å². The first-order valence-corrected chi connectivity index (χ1v) is 30.0. The molecule has 7 heterocycles. The second kappa shape index (κ2) is 28.5. The van der Waals surface area contributed by atoms with E-state index in [0.717, 1.165) is 115 Å². The molecule has 0 bridgehead atoms. The van der Waals surface area contributed by atoms with Crippen LogP contribution in [0.1, 0.15) is 77.8 Å². The lowest BCUT2D eigenvalue weighted by Crippen LogP contribution is -2.45. The van der Waals surface area contributed by atoms with Crippen LogP contribution in [0.5, 0.6) is 23.0 Å². The number of benzene rings is 4. The zero-order chi connectivity index (χ0) is 60.3. The number of piperidine rings is 1. The van der Waals surface area contributed by atoms with E-state index in [1.54, 1.807) is 35.9 Å². The number of nitrogens with zero attached hydrogens (tertiary/aromatic N) is 8. The zero-order valence-corrected chi connectivity index (χ0v) is 50.0. The molecular weight excluding hydrogens is 1140 g/mol. The second-order valence-corrected chi connectivity index (χ2v) is 23.3. The molecule has 4 aromatic heterocycles. The number of H-pyrrole nitrogens is 1. The molecule has 4 aromatic carbocycles. The molecule has 1 N–H and O–H groups in total. The average molecular weight is 1210 g/mol. The summed E-state index contributed by atoms with van der Waals surface area (Å²) in [6.45, 7) is 5.18. The van der Waals surface area contributed by atoms with Gasteiger partial charge in [-0.3, -0.25) is 28.9 Å². The van der Waals surface area contributed by atoms with Crippen LogP contribution in [-0.2, 0) is 50.6 Å². The zero-order valence-electron chi connectivity index (χ0n) is 48.3. The molecule has 85 heavy (non-hydrogen) atoms. The van der Waals surface area contributed by atoms with E-state index in [-0.39, 0.29) is 39.2 Å². The fourth-order valence-corrected chi connectivity index (χ4v) is 12.9. The number of aryl methyl sites for hydroxylation is 2. The summed E-state index contributed by atoms with van der Waals surface area (Å²) in [5, 5.41) is 4.98. The third-order valence-corrected chi connectivity index (χ3v) is 17.4. The van der Waals surface area contributed by atoms with Gasteiger partial charge in [-0.15, -0.1) is 11.8 Å². The molecule has 1 fully saturated rings. The fourth-order valence-electron chi connectivity index (χ4n) is 10.6. The van der Waals surface area contributed by atoms with Crippen LogP contribution in [0.3, 0.4) is 0 Å². The molecule has 24 heteroatoms. The number of methoxy groups -OCH3 is 3. The second-order valence-electron chi connectivity index (χ2n) is 20.8. The smallest absolute Gasteiger partial charge is 0.387 e. The van der Waals surface area contributed by atoms with Gasteiger partial charge in [0, 0.05) is 103 Å². The molecule has 0 aliphatic carbocycles. The van der Waals surface area contributed by atoms with E-state index in [0.29, 0.717) is 52.8 Å². The summed E-state index contributed by atoms with van der Waals surface area (Å²) in [5.74, 6) is 1.92. The van der Waals surface area contributed by atoms with Crippen LogP contribution in [0, 0.1) is 12.7 Å². The lowest BCUT2D eigenvalue weighted by atomic mass is 9.91. The number of thioether (sulfide) groups is 1. The van der Waals surface area contributed by atoms with Gasteiger partial charge < -0.3 is 47.5 Å². The maximum Gasteiger partial charge on any atom is 0.387 e. The van der Waals surface area contributed by atoms with Crippen molar-refractivity contribution in [1.29, 1.82) is 0 Å². The molecule has 3 atom stereocenters. The molecule has 0 saturated carbocycles. The number of hydrogen-bond donors (Lipinski definition) is 1. The SMILES string of the molecule is COc1ccc([C@@H]2Sc3ccccc3N(CCN(C)C)C(=O)[C@@H]2OC(C)=O)cc1.COc1ccnc(C[S+]([O-])c2nc3cc(OC(F)F)ccc3[nH]2)c1OC.Cc1nc2n(c(=O)c1CCN1CCC(c3noc4cc(F)ccc34)CC1)CCCC2. The lowest BCUT2D eigenvalue weighted by molar-refractivity contribution is -0.152. The number of rotatable bonds is 17. The van der Waals surface area contributed by atoms with Crippen LogP contribution < -0.4 is 29.4 Å². The summed E-state index contributed by atoms with van der Waals surface area (Å²) in [6, 6.07) is 25.9. The third kappa shape index (κ3) is 15.1. The molecular formula is C61H68F3N9O10S2. The molecule has 1 amide bonds. The van der Waals surface area contributed by atoms with E-state index < -0.39 is 29.9 Å². The van der Waals surface area contributed by atoms with E-state index in [1.165, 1.54) is 57.7 Å². The first kappa shape index (κ1) is 61.9. The van der Waals surface area contributed by atoms with E-state index in [9.17, 15) is 32.1 Å². The number of nitrogens with one attached hydrogen (secondary N) is 1. The van der Waals surface area contributed by atoms with Gasteiger partial charge in [0.05, 0.1) is 49.0 Å². The Balaban J connectivity index is 0.000000153. The predicted octanol–water partition coefficient (Wildman–Crippen LogP) is 9.84. The number of imidazole rings is 1. The molecule has 19 nitrogen and oxygen atoms in total. The quantitative estimate of drug-likeness (QED) is 0.0663. The molecule has 0 radical (unpaired) electrons. The molecule has 1 unspecified atom stereocenters. The Labute approximate surface area is 497 Å². The molecule has 11 rings (SSSR count). The van der Waals surface area contributed by atoms with Crippen molar-refractivity contribution in [2.24, 2.45) is 0 Å². The number of halogens is 3. The number of esters is 1. The van der Waals surface area contributed by atoms with Crippen molar-refractivity contribution in [1.82, 2.24) is 39.5 Å². The van der Waals surface area contributed by atoms with Crippen molar-refractivity contribution in [3.8, 4) is 23.0 Å². The van der Waals surface area contributed by atoms with Gasteiger partial charge in [0.25, 0.3) is 11.5 Å². The van der Waals surface area contributed by atoms with Gasteiger partial charge in [-0.25, -0.2) is 9.37 Å². The summed E-state index contributed by atoms with van der Waals surface area (Å²) in [4.78, 5) is 61.5. The van der Waals surface area contributed by atoms with Crippen molar-refractivity contribution in [3.63, 3.8) is 0 Å².